The van der Waals surface area contributed by atoms with Crippen molar-refractivity contribution in [3.63, 3.8) is 0 Å². The number of likely N-dealkylation sites (tertiary alicyclic amines) is 1. The summed E-state index contributed by atoms with van der Waals surface area (Å²) in [5, 5.41) is 14.5. The van der Waals surface area contributed by atoms with E-state index in [4.69, 9.17) is 17.3 Å². The molecule has 0 spiro atoms. The van der Waals surface area contributed by atoms with Crippen LogP contribution in [0.15, 0.2) is 0 Å². The summed E-state index contributed by atoms with van der Waals surface area (Å²) in [6, 6.07) is -0.216. The van der Waals surface area contributed by atoms with E-state index in [-0.39, 0.29) is 54.4 Å². The van der Waals surface area contributed by atoms with Gasteiger partial charge in [0.1, 0.15) is 6.17 Å². The number of nitrogens with one attached hydrogen (secondary N) is 5. The van der Waals surface area contributed by atoms with Gasteiger partial charge < -0.3 is 26.6 Å². The first-order chi connectivity index (χ1) is 16.9. The van der Waals surface area contributed by atoms with E-state index in [0.29, 0.717) is 13.1 Å². The molecule has 0 bridgehead atoms. The molecule has 2 amide bonds. The zero-order valence-electron chi connectivity index (χ0n) is 20.1. The Bertz CT molecular complexity index is 767. The Hall–Kier alpha value is -1.12. The topological polar surface area (TPSA) is 130 Å². The monoisotopic (exact) mass is 515 g/mol. The third kappa shape index (κ3) is 5.45. The van der Waals surface area contributed by atoms with Crippen molar-refractivity contribution in [1.29, 1.82) is 0 Å². The smallest absolute Gasteiger partial charge is 0.229 e. The highest BCUT2D eigenvalue weighted by Crippen LogP contribution is 2.27. The van der Waals surface area contributed by atoms with Crippen LogP contribution < -0.4 is 32.4 Å². The van der Waals surface area contributed by atoms with Crippen molar-refractivity contribution >= 4 is 23.4 Å². The van der Waals surface area contributed by atoms with Crippen molar-refractivity contribution in [2.75, 3.05) is 65.4 Å². The lowest BCUT2D eigenvalue weighted by Gasteiger charge is -2.46. The van der Waals surface area contributed by atoms with Crippen molar-refractivity contribution in [2.24, 2.45) is 17.6 Å². The number of carbonyl (C=O) groups is 2. The lowest BCUT2D eigenvalue weighted by atomic mass is 9.90. The van der Waals surface area contributed by atoms with Crippen LogP contribution in [0, 0.1) is 11.8 Å². The first-order valence-electron chi connectivity index (χ1n) is 13.0. The van der Waals surface area contributed by atoms with Gasteiger partial charge in [0, 0.05) is 64.3 Å². The number of fused-ring (bicyclic) bond motifs is 1. The van der Waals surface area contributed by atoms with Crippen LogP contribution in [-0.2, 0) is 9.59 Å². The van der Waals surface area contributed by atoms with Gasteiger partial charge in [-0.25, -0.2) is 14.8 Å². The predicted octanol–water partition coefficient (Wildman–Crippen LogP) is -2.82. The molecule has 7 unspecified atom stereocenters. The number of amides is 2. The summed E-state index contributed by atoms with van der Waals surface area (Å²) in [6.45, 7) is 6.53. The van der Waals surface area contributed by atoms with Gasteiger partial charge in [0.05, 0.1) is 29.7 Å². The second kappa shape index (κ2) is 11.1. The standard InChI is InChI=1S/C22H39ClFN9O2/c23-15-10-27-11-16(29-21(34)17-19(25)30-33-12-14(24)9-28-20(17)33)18(15)31-5-1-13(2-6-31)22(35)32-7-3-26-4-8-32/h13-20,26-28,30H,1-12,25H2,(H,29,34). The minimum Gasteiger partial charge on any atom is -0.350 e. The molecule has 5 aliphatic heterocycles. The Kier molecular flexibility index (Phi) is 8.09. The van der Waals surface area contributed by atoms with E-state index in [1.165, 1.54) is 0 Å². The maximum atomic E-state index is 13.8. The first-order valence-corrected chi connectivity index (χ1v) is 13.4. The van der Waals surface area contributed by atoms with Crippen molar-refractivity contribution in [2.45, 2.75) is 48.8 Å². The van der Waals surface area contributed by atoms with Crippen LogP contribution in [-0.4, -0.2) is 128 Å². The SMILES string of the molecule is NC1NN2CC(F)CNC2C1C(=O)NC1CNCC(Cl)C1N1CCC(C(=O)N2CCNCC2)CC1. The second-order valence-corrected chi connectivity index (χ2v) is 11.0. The zero-order valence-corrected chi connectivity index (χ0v) is 20.9. The molecule has 5 heterocycles. The van der Waals surface area contributed by atoms with Gasteiger partial charge in [-0.05, 0) is 25.9 Å². The molecular formula is C22H39ClFN9O2. The molecule has 0 radical (unpaired) electrons. The van der Waals surface area contributed by atoms with E-state index in [0.717, 1.165) is 52.1 Å². The number of hydrogen-bond donors (Lipinski definition) is 6. The van der Waals surface area contributed by atoms with Crippen LogP contribution in [0.25, 0.3) is 0 Å². The third-order valence-corrected chi connectivity index (χ3v) is 8.58. The molecule has 0 aromatic carbocycles. The highest BCUT2D eigenvalue weighted by atomic mass is 35.5. The highest BCUT2D eigenvalue weighted by molar-refractivity contribution is 6.21. The Morgan fingerprint density at radius 3 is 2.51 bits per heavy atom. The maximum Gasteiger partial charge on any atom is 0.229 e. The molecule has 0 aromatic rings. The molecule has 5 rings (SSSR count). The fraction of sp³-hybridized carbons (Fsp3) is 0.909. The number of nitrogens with zero attached hydrogens (tertiary/aromatic N) is 3. The van der Waals surface area contributed by atoms with Crippen LogP contribution in [0.3, 0.4) is 0 Å². The van der Waals surface area contributed by atoms with E-state index in [9.17, 15) is 14.0 Å². The van der Waals surface area contributed by atoms with Crippen LogP contribution >= 0.6 is 11.6 Å². The zero-order chi connectivity index (χ0) is 24.5. The van der Waals surface area contributed by atoms with Crippen molar-refractivity contribution in [3.05, 3.63) is 0 Å². The van der Waals surface area contributed by atoms with Gasteiger partial charge in [0.2, 0.25) is 11.8 Å². The highest BCUT2D eigenvalue weighted by Gasteiger charge is 2.48. The summed E-state index contributed by atoms with van der Waals surface area (Å²) in [7, 11) is 0. The number of nitrogens with two attached hydrogens (primary N) is 1. The summed E-state index contributed by atoms with van der Waals surface area (Å²) in [5.74, 6) is -0.375. The predicted molar refractivity (Wildman–Crippen MR) is 130 cm³/mol. The summed E-state index contributed by atoms with van der Waals surface area (Å²) >= 11 is 6.79. The van der Waals surface area contributed by atoms with Crippen LogP contribution in [0.1, 0.15) is 12.8 Å². The summed E-state index contributed by atoms with van der Waals surface area (Å²) in [6.07, 6.45) is -0.325. The second-order valence-electron chi connectivity index (χ2n) is 10.4. The number of hydrazine groups is 1. The Balaban J connectivity index is 1.19. The Morgan fingerprint density at radius 2 is 1.77 bits per heavy atom. The molecule has 0 aromatic heterocycles. The largest absolute Gasteiger partial charge is 0.350 e. The lowest BCUT2D eigenvalue weighted by molar-refractivity contribution is -0.138. The third-order valence-electron chi connectivity index (χ3n) is 8.17. The van der Waals surface area contributed by atoms with Gasteiger partial charge >= 0.3 is 0 Å². The number of piperazine rings is 1. The van der Waals surface area contributed by atoms with Gasteiger partial charge in [-0.15, -0.1) is 11.6 Å². The molecule has 7 N–H and O–H groups in total. The van der Waals surface area contributed by atoms with Gasteiger partial charge in [-0.2, -0.15) is 0 Å². The van der Waals surface area contributed by atoms with E-state index < -0.39 is 18.3 Å². The first kappa shape index (κ1) is 25.5. The normalized spacial score (nSPS) is 39.9. The van der Waals surface area contributed by atoms with Crippen molar-refractivity contribution in [1.82, 2.24) is 41.5 Å². The van der Waals surface area contributed by atoms with Gasteiger partial charge in [-0.3, -0.25) is 19.8 Å². The molecule has 11 nitrogen and oxygen atoms in total. The van der Waals surface area contributed by atoms with Gasteiger partial charge in [0.25, 0.3) is 0 Å². The molecule has 0 saturated carbocycles. The summed E-state index contributed by atoms with van der Waals surface area (Å²) in [4.78, 5) is 30.7. The van der Waals surface area contributed by atoms with Crippen LogP contribution in [0.4, 0.5) is 4.39 Å². The number of hydrogen-bond acceptors (Lipinski definition) is 9. The molecule has 198 valence electrons. The molecule has 35 heavy (non-hydrogen) atoms. The molecule has 5 aliphatic rings. The molecule has 7 atom stereocenters. The van der Waals surface area contributed by atoms with Crippen LogP contribution in [0.2, 0.25) is 0 Å². The van der Waals surface area contributed by atoms with Crippen molar-refractivity contribution in [3.8, 4) is 0 Å². The Labute approximate surface area is 211 Å². The minimum absolute atomic E-state index is 0.0340. The Morgan fingerprint density at radius 1 is 1.03 bits per heavy atom. The quantitative estimate of drug-likeness (QED) is 0.220. The molecule has 0 aliphatic carbocycles. The summed E-state index contributed by atoms with van der Waals surface area (Å²) < 4.78 is 13.8. The molecular weight excluding hydrogens is 477 g/mol. The fourth-order valence-corrected chi connectivity index (χ4v) is 6.78. The fourth-order valence-electron chi connectivity index (χ4n) is 6.34. The van der Waals surface area contributed by atoms with Gasteiger partial charge in [0.15, 0.2) is 0 Å². The molecule has 13 heteroatoms. The van der Waals surface area contributed by atoms with Crippen molar-refractivity contribution < 1.29 is 14.0 Å². The van der Waals surface area contributed by atoms with E-state index >= 15 is 0 Å². The average molecular weight is 516 g/mol. The number of halogens is 2. The molecule has 5 fully saturated rings. The minimum atomic E-state index is -1.00. The van der Waals surface area contributed by atoms with E-state index in [1.807, 2.05) is 4.90 Å². The summed E-state index contributed by atoms with van der Waals surface area (Å²) in [5.41, 5.74) is 9.27. The number of alkyl halides is 2. The van der Waals surface area contributed by atoms with E-state index in [2.05, 4.69) is 31.6 Å². The lowest BCUT2D eigenvalue weighted by Crippen LogP contribution is -2.67. The number of piperidine rings is 2. The molecule has 5 saturated heterocycles. The maximum absolute atomic E-state index is 13.8. The van der Waals surface area contributed by atoms with Gasteiger partial charge in [-0.1, -0.05) is 0 Å². The van der Waals surface area contributed by atoms with Crippen LogP contribution in [0.5, 0.6) is 0 Å². The number of carbonyl (C=O) groups excluding carboxylic acids is 2. The number of rotatable bonds is 4. The average Bonchev–Trinajstić information content (AvgIpc) is 3.19. The van der Waals surface area contributed by atoms with E-state index in [1.54, 1.807) is 5.01 Å².